The highest BCUT2D eigenvalue weighted by molar-refractivity contribution is 7.13. The molecule has 0 saturated carbocycles. The van der Waals surface area contributed by atoms with Crippen LogP contribution < -0.4 is 10.4 Å². The first kappa shape index (κ1) is 11.6. The number of carboxylic acids is 1. The highest BCUT2D eigenvalue weighted by atomic mass is 32.1. The Bertz CT molecular complexity index is 337. The zero-order chi connectivity index (χ0) is 11.3. The van der Waals surface area contributed by atoms with E-state index in [-0.39, 0.29) is 18.7 Å². The van der Waals surface area contributed by atoms with Crippen LogP contribution in [0.3, 0.4) is 0 Å². The second-order valence-corrected chi connectivity index (χ2v) is 4.04. The van der Waals surface area contributed by atoms with Crippen molar-refractivity contribution in [3.8, 4) is 0 Å². The fourth-order valence-corrected chi connectivity index (χ4v) is 1.48. The van der Waals surface area contributed by atoms with Gasteiger partial charge in [-0.05, 0) is 12.3 Å². The molecule has 0 bridgehead atoms. The second kappa shape index (κ2) is 5.45. The first-order valence-electron chi connectivity index (χ1n) is 4.50. The normalized spacial score (nSPS) is 12.1. The summed E-state index contributed by atoms with van der Waals surface area (Å²) in [5, 5.41) is 15.2. The van der Waals surface area contributed by atoms with Crippen molar-refractivity contribution in [2.75, 3.05) is 5.32 Å². The van der Waals surface area contributed by atoms with Gasteiger partial charge < -0.3 is 15.2 Å². The lowest BCUT2D eigenvalue weighted by Gasteiger charge is -2.11. The molecular weight excluding hydrogens is 216 g/mol. The van der Waals surface area contributed by atoms with Crippen LogP contribution in [-0.4, -0.2) is 16.9 Å². The van der Waals surface area contributed by atoms with E-state index in [1.165, 1.54) is 18.3 Å². The molecule has 1 aromatic heterocycles. The Morgan fingerprint density at radius 2 is 2.40 bits per heavy atom. The molecule has 6 heteroatoms. The molecule has 0 fully saturated rings. The molecule has 1 atom stereocenters. The number of nitrogens with zero attached hydrogens (tertiary/aromatic N) is 1. The van der Waals surface area contributed by atoms with E-state index in [0.29, 0.717) is 5.13 Å². The van der Waals surface area contributed by atoms with E-state index in [1.807, 2.05) is 0 Å². The molecule has 1 amide bonds. The maximum atomic E-state index is 11.3. The molecular formula is C9H11N2O3S-. The minimum absolute atomic E-state index is 0.161. The van der Waals surface area contributed by atoms with Crippen molar-refractivity contribution in [3.05, 3.63) is 11.6 Å². The van der Waals surface area contributed by atoms with Gasteiger partial charge in [0.15, 0.2) is 5.13 Å². The third-order valence-corrected chi connectivity index (χ3v) is 2.57. The van der Waals surface area contributed by atoms with Gasteiger partial charge in [-0.2, -0.15) is 0 Å². The third kappa shape index (κ3) is 4.07. The van der Waals surface area contributed by atoms with Gasteiger partial charge in [-0.25, -0.2) is 4.98 Å². The number of rotatable bonds is 5. The van der Waals surface area contributed by atoms with E-state index < -0.39 is 11.9 Å². The Labute approximate surface area is 91.1 Å². The molecule has 0 aliphatic rings. The minimum atomic E-state index is -1.13. The van der Waals surface area contributed by atoms with Crippen LogP contribution in [0.2, 0.25) is 0 Å². The average molecular weight is 227 g/mol. The summed E-state index contributed by atoms with van der Waals surface area (Å²) >= 11 is 1.32. The molecule has 0 aromatic carbocycles. The molecule has 15 heavy (non-hydrogen) atoms. The fraction of sp³-hybridized carbons (Fsp3) is 0.444. The highest BCUT2D eigenvalue weighted by Crippen LogP contribution is 2.12. The molecule has 0 aliphatic heterocycles. The number of hydrogen-bond acceptors (Lipinski definition) is 5. The number of aromatic nitrogens is 1. The highest BCUT2D eigenvalue weighted by Gasteiger charge is 2.08. The summed E-state index contributed by atoms with van der Waals surface area (Å²) in [6.45, 7) is 1.52. The van der Waals surface area contributed by atoms with Crippen molar-refractivity contribution in [1.29, 1.82) is 0 Å². The van der Waals surface area contributed by atoms with Gasteiger partial charge in [0.25, 0.3) is 0 Å². The van der Waals surface area contributed by atoms with Gasteiger partial charge in [-0.15, -0.1) is 11.3 Å². The van der Waals surface area contributed by atoms with Crippen molar-refractivity contribution in [2.24, 2.45) is 5.92 Å². The monoisotopic (exact) mass is 227 g/mol. The SMILES string of the molecule is CC(CCC(=O)Nc1nccs1)C(=O)[O-]. The second-order valence-electron chi connectivity index (χ2n) is 3.14. The summed E-state index contributed by atoms with van der Waals surface area (Å²) in [7, 11) is 0. The standard InChI is InChI=1S/C9H12N2O3S/c1-6(8(13)14)2-3-7(12)11-9-10-4-5-15-9/h4-6H,2-3H2,1H3,(H,13,14)(H,10,11,12)/p-1. The number of amides is 1. The van der Waals surface area contributed by atoms with E-state index in [9.17, 15) is 14.7 Å². The predicted octanol–water partition coefficient (Wildman–Crippen LogP) is 0.248. The number of carbonyl (C=O) groups excluding carboxylic acids is 2. The molecule has 1 unspecified atom stereocenters. The Morgan fingerprint density at radius 3 is 2.93 bits per heavy atom. The Hall–Kier alpha value is -1.43. The molecule has 0 radical (unpaired) electrons. The number of carboxylic acid groups (broad SMARTS) is 1. The van der Waals surface area contributed by atoms with Gasteiger partial charge in [-0.3, -0.25) is 4.79 Å². The molecule has 5 nitrogen and oxygen atoms in total. The summed E-state index contributed by atoms with van der Waals surface area (Å²) in [5.74, 6) is -1.96. The lowest BCUT2D eigenvalue weighted by Crippen LogP contribution is -2.30. The maximum Gasteiger partial charge on any atom is 0.226 e. The van der Waals surface area contributed by atoms with E-state index >= 15 is 0 Å². The Kier molecular flexibility index (Phi) is 4.23. The smallest absolute Gasteiger partial charge is 0.226 e. The largest absolute Gasteiger partial charge is 0.550 e. The van der Waals surface area contributed by atoms with E-state index in [4.69, 9.17) is 0 Å². The summed E-state index contributed by atoms with van der Waals surface area (Å²) in [4.78, 5) is 25.5. The fourth-order valence-electron chi connectivity index (χ4n) is 0.932. The Balaban J connectivity index is 2.28. The summed E-state index contributed by atoms with van der Waals surface area (Å²) in [6, 6.07) is 0. The first-order chi connectivity index (χ1) is 7.09. The summed E-state index contributed by atoms with van der Waals surface area (Å²) in [5.41, 5.74) is 0. The van der Waals surface area contributed by atoms with Crippen molar-refractivity contribution >= 4 is 28.3 Å². The maximum absolute atomic E-state index is 11.3. The molecule has 1 aromatic rings. The van der Waals surface area contributed by atoms with Crippen LogP contribution in [0.1, 0.15) is 19.8 Å². The van der Waals surface area contributed by atoms with Crippen LogP contribution in [0.5, 0.6) is 0 Å². The van der Waals surface area contributed by atoms with Crippen molar-refractivity contribution in [2.45, 2.75) is 19.8 Å². The van der Waals surface area contributed by atoms with Crippen LogP contribution in [-0.2, 0) is 9.59 Å². The van der Waals surface area contributed by atoms with Gasteiger partial charge in [-0.1, -0.05) is 6.92 Å². The van der Waals surface area contributed by atoms with E-state index in [2.05, 4.69) is 10.3 Å². The van der Waals surface area contributed by atoms with Gasteiger partial charge in [0.1, 0.15) is 0 Å². The van der Waals surface area contributed by atoms with Gasteiger partial charge in [0.2, 0.25) is 5.91 Å². The molecule has 82 valence electrons. The van der Waals surface area contributed by atoms with Gasteiger partial charge in [0.05, 0.1) is 0 Å². The number of nitrogens with one attached hydrogen (secondary N) is 1. The zero-order valence-corrected chi connectivity index (χ0v) is 9.04. The van der Waals surface area contributed by atoms with Crippen molar-refractivity contribution < 1.29 is 14.7 Å². The quantitative estimate of drug-likeness (QED) is 0.781. The number of aliphatic carboxylic acids is 1. The number of carbonyl (C=O) groups is 2. The van der Waals surface area contributed by atoms with Crippen LogP contribution in [0.15, 0.2) is 11.6 Å². The van der Waals surface area contributed by atoms with E-state index in [0.717, 1.165) is 0 Å². The molecule has 0 spiro atoms. The molecule has 1 heterocycles. The van der Waals surface area contributed by atoms with Crippen LogP contribution >= 0.6 is 11.3 Å². The zero-order valence-electron chi connectivity index (χ0n) is 8.23. The lowest BCUT2D eigenvalue weighted by atomic mass is 10.1. The van der Waals surface area contributed by atoms with Crippen LogP contribution in [0.4, 0.5) is 5.13 Å². The number of thiazole rings is 1. The molecule has 0 aliphatic carbocycles. The van der Waals surface area contributed by atoms with Gasteiger partial charge in [0, 0.05) is 24.0 Å². The van der Waals surface area contributed by atoms with E-state index in [1.54, 1.807) is 11.6 Å². The molecule has 1 rings (SSSR count). The Morgan fingerprint density at radius 1 is 1.67 bits per heavy atom. The van der Waals surface area contributed by atoms with Crippen LogP contribution in [0, 0.1) is 5.92 Å². The van der Waals surface area contributed by atoms with Crippen LogP contribution in [0.25, 0.3) is 0 Å². The first-order valence-corrected chi connectivity index (χ1v) is 5.37. The average Bonchev–Trinajstić information content (AvgIpc) is 2.66. The topological polar surface area (TPSA) is 82.1 Å². The predicted molar refractivity (Wildman–Crippen MR) is 54.1 cm³/mol. The van der Waals surface area contributed by atoms with Crippen molar-refractivity contribution in [3.63, 3.8) is 0 Å². The lowest BCUT2D eigenvalue weighted by molar-refractivity contribution is -0.311. The number of hydrogen-bond donors (Lipinski definition) is 1. The summed E-state index contributed by atoms with van der Waals surface area (Å²) in [6.07, 6.45) is 2.03. The minimum Gasteiger partial charge on any atom is -0.550 e. The molecule has 1 N–H and O–H groups in total. The van der Waals surface area contributed by atoms with Crippen molar-refractivity contribution in [1.82, 2.24) is 4.98 Å². The summed E-state index contributed by atoms with van der Waals surface area (Å²) < 4.78 is 0. The number of anilines is 1. The molecule has 0 saturated heterocycles. The van der Waals surface area contributed by atoms with Gasteiger partial charge >= 0.3 is 0 Å². The third-order valence-electron chi connectivity index (χ3n) is 1.89.